The van der Waals surface area contributed by atoms with Gasteiger partial charge in [-0.25, -0.2) is 0 Å². The van der Waals surface area contributed by atoms with Gasteiger partial charge >= 0.3 is 5.97 Å². The number of carbonyl (C=O) groups is 2. The van der Waals surface area contributed by atoms with Crippen LogP contribution in [-0.2, 0) is 20.9 Å². The van der Waals surface area contributed by atoms with Gasteiger partial charge in [0.1, 0.15) is 18.7 Å². The summed E-state index contributed by atoms with van der Waals surface area (Å²) >= 11 is 0. The average Bonchev–Trinajstić information content (AvgIpc) is 3.64. The first-order chi connectivity index (χ1) is 15.4. The van der Waals surface area contributed by atoms with Crippen LogP contribution in [0.3, 0.4) is 0 Å². The Morgan fingerprint density at radius 2 is 1.81 bits per heavy atom. The number of rotatable bonds is 7. The van der Waals surface area contributed by atoms with E-state index in [0.717, 1.165) is 50.5 Å². The highest BCUT2D eigenvalue weighted by atomic mass is 16.5. The number of benzene rings is 1. The molecule has 1 aliphatic carbocycles. The van der Waals surface area contributed by atoms with Crippen molar-refractivity contribution < 1.29 is 14.3 Å². The Labute approximate surface area is 191 Å². The molecule has 4 fully saturated rings. The molecule has 5 rings (SSSR count). The highest BCUT2D eigenvalue weighted by Gasteiger charge is 2.59. The first-order valence-corrected chi connectivity index (χ1v) is 12.3. The highest BCUT2D eigenvalue weighted by molar-refractivity contribution is 5.86. The van der Waals surface area contributed by atoms with E-state index in [2.05, 4.69) is 35.6 Å². The van der Waals surface area contributed by atoms with Crippen LogP contribution in [0.1, 0.15) is 45.1 Å². The zero-order valence-electron chi connectivity index (χ0n) is 19.7. The number of esters is 1. The van der Waals surface area contributed by atoms with Crippen molar-refractivity contribution in [1.82, 2.24) is 14.7 Å². The summed E-state index contributed by atoms with van der Waals surface area (Å²) in [6, 6.07) is 10.2. The minimum Gasteiger partial charge on any atom is -0.460 e. The van der Waals surface area contributed by atoms with Crippen molar-refractivity contribution in [2.24, 2.45) is 17.3 Å². The highest BCUT2D eigenvalue weighted by Crippen LogP contribution is 2.48. The number of ether oxygens (including phenoxy) is 1. The number of likely N-dealkylation sites (N-methyl/N-ethyl adjacent to an activating group) is 1. The molecular weight excluding hydrogens is 402 g/mol. The zero-order valence-corrected chi connectivity index (χ0v) is 19.7. The van der Waals surface area contributed by atoms with E-state index in [9.17, 15) is 9.59 Å². The predicted octanol–water partition coefficient (Wildman–Crippen LogP) is 2.77. The quantitative estimate of drug-likeness (QED) is 0.483. The van der Waals surface area contributed by atoms with Gasteiger partial charge in [0.05, 0.1) is 0 Å². The maximum absolute atomic E-state index is 13.1. The minimum atomic E-state index is -0.225. The van der Waals surface area contributed by atoms with E-state index in [1.54, 1.807) is 0 Å². The van der Waals surface area contributed by atoms with Crippen molar-refractivity contribution >= 4 is 11.9 Å². The van der Waals surface area contributed by atoms with Crippen LogP contribution in [0, 0.1) is 17.3 Å². The van der Waals surface area contributed by atoms with Gasteiger partial charge in [-0.3, -0.25) is 19.4 Å². The van der Waals surface area contributed by atoms with Gasteiger partial charge < -0.3 is 9.64 Å². The Balaban J connectivity index is 1.18. The summed E-state index contributed by atoms with van der Waals surface area (Å²) in [6.07, 6.45) is 4.67. The third-order valence-electron chi connectivity index (χ3n) is 8.21. The first kappa shape index (κ1) is 21.9. The molecule has 0 N–H and O–H groups in total. The van der Waals surface area contributed by atoms with Crippen molar-refractivity contribution in [2.75, 3.05) is 33.2 Å². The molecule has 3 heterocycles. The summed E-state index contributed by atoms with van der Waals surface area (Å²) in [5.74, 6) is 1.15. The minimum absolute atomic E-state index is 0.117. The normalized spacial score (nSPS) is 33.1. The number of amides is 1. The van der Waals surface area contributed by atoms with Gasteiger partial charge in [-0.05, 0) is 56.7 Å². The molecule has 3 saturated heterocycles. The average molecular weight is 440 g/mol. The molecule has 6 heteroatoms. The number of carbonyl (C=O) groups excluding carboxylic acids is 2. The Bertz CT molecular complexity index is 855. The molecule has 1 unspecified atom stereocenters. The van der Waals surface area contributed by atoms with Crippen LogP contribution < -0.4 is 0 Å². The predicted molar refractivity (Wildman–Crippen MR) is 123 cm³/mol. The number of nitrogens with zero attached hydrogens (tertiary/aromatic N) is 3. The van der Waals surface area contributed by atoms with Crippen LogP contribution >= 0.6 is 0 Å². The molecule has 1 aromatic rings. The largest absolute Gasteiger partial charge is 0.460 e. The van der Waals surface area contributed by atoms with Crippen molar-refractivity contribution in [1.29, 1.82) is 0 Å². The summed E-state index contributed by atoms with van der Waals surface area (Å²) in [7, 11) is 2.10. The second-order valence-electron chi connectivity index (χ2n) is 11.0. The van der Waals surface area contributed by atoms with Crippen LogP contribution in [0.5, 0.6) is 0 Å². The van der Waals surface area contributed by atoms with Crippen molar-refractivity contribution in [3.8, 4) is 0 Å². The van der Waals surface area contributed by atoms with E-state index in [-0.39, 0.29) is 29.4 Å². The molecule has 1 spiro atoms. The van der Waals surface area contributed by atoms with Crippen LogP contribution in [-0.4, -0.2) is 77.9 Å². The number of likely N-dealkylation sites (tertiary alicyclic amines) is 2. The van der Waals surface area contributed by atoms with Crippen LogP contribution in [0.2, 0.25) is 0 Å². The van der Waals surface area contributed by atoms with Gasteiger partial charge in [-0.15, -0.1) is 0 Å². The third kappa shape index (κ3) is 4.19. The molecule has 6 nitrogen and oxygen atoms in total. The molecule has 1 aromatic carbocycles. The van der Waals surface area contributed by atoms with Crippen LogP contribution in [0.4, 0.5) is 0 Å². The maximum Gasteiger partial charge on any atom is 0.323 e. The molecule has 4 aliphatic rings. The molecule has 0 radical (unpaired) electrons. The fourth-order valence-corrected chi connectivity index (χ4v) is 6.22. The van der Waals surface area contributed by atoms with Crippen LogP contribution in [0.15, 0.2) is 30.3 Å². The maximum atomic E-state index is 13.1. The smallest absolute Gasteiger partial charge is 0.323 e. The van der Waals surface area contributed by atoms with Crippen molar-refractivity contribution in [3.63, 3.8) is 0 Å². The fourth-order valence-electron chi connectivity index (χ4n) is 6.22. The van der Waals surface area contributed by atoms with E-state index in [1.165, 1.54) is 12.8 Å². The van der Waals surface area contributed by atoms with E-state index in [1.807, 2.05) is 30.3 Å². The Kier molecular flexibility index (Phi) is 5.79. The monoisotopic (exact) mass is 439 g/mol. The Hall–Kier alpha value is -1.92. The summed E-state index contributed by atoms with van der Waals surface area (Å²) < 4.78 is 5.72. The van der Waals surface area contributed by atoms with Crippen LogP contribution in [0.25, 0.3) is 0 Å². The zero-order chi connectivity index (χ0) is 22.5. The number of hydrogen-bond donors (Lipinski definition) is 0. The topological polar surface area (TPSA) is 52.9 Å². The first-order valence-electron chi connectivity index (χ1n) is 12.3. The van der Waals surface area contributed by atoms with Gasteiger partial charge in [0.25, 0.3) is 0 Å². The van der Waals surface area contributed by atoms with E-state index in [4.69, 9.17) is 4.74 Å². The van der Waals surface area contributed by atoms with E-state index < -0.39 is 0 Å². The van der Waals surface area contributed by atoms with Gasteiger partial charge in [0.2, 0.25) is 5.91 Å². The third-order valence-corrected chi connectivity index (χ3v) is 8.21. The lowest BCUT2D eigenvalue weighted by molar-refractivity contribution is -0.153. The molecule has 1 amide bonds. The summed E-state index contributed by atoms with van der Waals surface area (Å²) in [5, 5.41) is 0. The number of hydrogen-bond acceptors (Lipinski definition) is 5. The standard InChI is InChI=1S/C26H37N3O3/c1-18(2)21(25(31)32-15-19-7-5-4-6-8-19)28-13-11-26(16-28)12-14-29(17-26)24(30)23-22(27(23)3)20-9-10-20/h4-8,18,20-23H,9-17H2,1-3H3/t21-,22+,23+,26-,27?/m0/s1. The summed E-state index contributed by atoms with van der Waals surface area (Å²) in [6.45, 7) is 8.01. The van der Waals surface area contributed by atoms with Crippen molar-refractivity contribution in [2.45, 2.75) is 64.3 Å². The molecule has 32 heavy (non-hydrogen) atoms. The van der Waals surface area contributed by atoms with Gasteiger partial charge in [0.15, 0.2) is 0 Å². The SMILES string of the molecule is CC(C)[C@@H](C(=O)OCc1ccccc1)N1CC[C@]2(CCN(C(=O)[C@H]3[C@@H](C4CC4)N3C)C2)C1. The van der Waals surface area contributed by atoms with E-state index in [0.29, 0.717) is 18.6 Å². The second-order valence-corrected chi connectivity index (χ2v) is 11.0. The Morgan fingerprint density at radius 3 is 2.50 bits per heavy atom. The molecule has 0 bridgehead atoms. The van der Waals surface area contributed by atoms with Gasteiger partial charge in [0, 0.05) is 31.1 Å². The molecule has 3 aliphatic heterocycles. The molecule has 0 aromatic heterocycles. The lowest BCUT2D eigenvalue weighted by atomic mass is 9.86. The molecule has 1 saturated carbocycles. The summed E-state index contributed by atoms with van der Waals surface area (Å²) in [4.78, 5) is 32.9. The molecule has 5 atom stereocenters. The van der Waals surface area contributed by atoms with E-state index >= 15 is 0 Å². The Morgan fingerprint density at radius 1 is 1.09 bits per heavy atom. The molecular formula is C26H37N3O3. The summed E-state index contributed by atoms with van der Waals surface area (Å²) in [5.41, 5.74) is 1.14. The van der Waals surface area contributed by atoms with Crippen molar-refractivity contribution in [3.05, 3.63) is 35.9 Å². The molecule has 174 valence electrons. The lowest BCUT2D eigenvalue weighted by Crippen LogP contribution is -2.46. The van der Waals surface area contributed by atoms with Gasteiger partial charge in [-0.1, -0.05) is 44.2 Å². The lowest BCUT2D eigenvalue weighted by Gasteiger charge is -2.31. The fraction of sp³-hybridized carbons (Fsp3) is 0.692. The van der Waals surface area contributed by atoms with Gasteiger partial charge in [-0.2, -0.15) is 0 Å². The second kappa shape index (κ2) is 8.45.